The molecular weight excluding hydrogens is 407 g/mol. The number of carbonyl (C=O) groups is 1. The van der Waals surface area contributed by atoms with E-state index in [1.165, 1.54) is 18.3 Å². The molecule has 5 N–H and O–H groups in total. The highest BCUT2D eigenvalue weighted by molar-refractivity contribution is 5.79. The van der Waals surface area contributed by atoms with E-state index in [-0.39, 0.29) is 30.8 Å². The SMILES string of the molecule is NC(=O)CNc1nccc(-c2[nH]c(C3OCC(CO)CO3)nc2-c2ccc(F)cc2)n1. The van der Waals surface area contributed by atoms with Crippen molar-refractivity contribution in [1.82, 2.24) is 19.9 Å². The van der Waals surface area contributed by atoms with E-state index in [1.54, 1.807) is 18.2 Å². The minimum atomic E-state index is -0.745. The van der Waals surface area contributed by atoms with Crippen LogP contribution in [0.3, 0.4) is 0 Å². The van der Waals surface area contributed by atoms with Crippen LogP contribution in [0.15, 0.2) is 36.5 Å². The van der Waals surface area contributed by atoms with E-state index in [2.05, 4.69) is 25.3 Å². The molecule has 11 heteroatoms. The zero-order valence-electron chi connectivity index (χ0n) is 16.4. The van der Waals surface area contributed by atoms with Crippen LogP contribution in [0.1, 0.15) is 12.1 Å². The summed E-state index contributed by atoms with van der Waals surface area (Å²) in [5.74, 6) is -0.375. The van der Waals surface area contributed by atoms with Crippen molar-refractivity contribution in [1.29, 1.82) is 0 Å². The molecule has 0 radical (unpaired) electrons. The summed E-state index contributed by atoms with van der Waals surface area (Å²) in [7, 11) is 0. The van der Waals surface area contributed by atoms with Gasteiger partial charge in [-0.3, -0.25) is 4.79 Å². The smallest absolute Gasteiger partial charge is 0.236 e. The molecule has 1 saturated heterocycles. The number of carbonyl (C=O) groups excluding carboxylic acids is 1. The number of rotatable bonds is 7. The summed E-state index contributed by atoms with van der Waals surface area (Å²) in [6, 6.07) is 7.57. The molecule has 2 aromatic heterocycles. The van der Waals surface area contributed by atoms with E-state index >= 15 is 0 Å². The fraction of sp³-hybridized carbons (Fsp3) is 0.300. The topological polar surface area (TPSA) is 148 Å². The van der Waals surface area contributed by atoms with Gasteiger partial charge in [-0.05, 0) is 30.3 Å². The normalized spacial score (nSPS) is 18.6. The second-order valence-corrected chi connectivity index (χ2v) is 6.99. The third-order valence-corrected chi connectivity index (χ3v) is 4.62. The summed E-state index contributed by atoms with van der Waals surface area (Å²) >= 11 is 0. The lowest BCUT2D eigenvalue weighted by molar-refractivity contribution is -0.213. The first kappa shape index (κ1) is 20.8. The number of primary amides is 1. The van der Waals surface area contributed by atoms with Gasteiger partial charge in [0.15, 0.2) is 5.82 Å². The second kappa shape index (κ2) is 9.16. The molecule has 31 heavy (non-hydrogen) atoms. The molecule has 10 nitrogen and oxygen atoms in total. The van der Waals surface area contributed by atoms with Crippen molar-refractivity contribution in [2.24, 2.45) is 11.7 Å². The number of aromatic nitrogens is 4. The third kappa shape index (κ3) is 4.85. The van der Waals surface area contributed by atoms with E-state index in [4.69, 9.17) is 15.2 Å². The van der Waals surface area contributed by atoms with Gasteiger partial charge >= 0.3 is 0 Å². The molecule has 0 saturated carbocycles. The van der Waals surface area contributed by atoms with Crippen LogP contribution in [0.2, 0.25) is 0 Å². The van der Waals surface area contributed by atoms with Gasteiger partial charge in [-0.1, -0.05) is 0 Å². The van der Waals surface area contributed by atoms with Crippen molar-refractivity contribution in [2.45, 2.75) is 6.29 Å². The van der Waals surface area contributed by atoms with E-state index in [0.717, 1.165) is 0 Å². The molecule has 1 fully saturated rings. The van der Waals surface area contributed by atoms with E-state index in [1.807, 2.05) is 0 Å². The molecule has 162 valence electrons. The number of hydrogen-bond donors (Lipinski definition) is 4. The van der Waals surface area contributed by atoms with Gasteiger partial charge in [0.1, 0.15) is 5.82 Å². The fourth-order valence-electron chi connectivity index (χ4n) is 3.06. The summed E-state index contributed by atoms with van der Waals surface area (Å²) in [5, 5.41) is 12.0. The number of hydrogen-bond acceptors (Lipinski definition) is 8. The van der Waals surface area contributed by atoms with Crippen LogP contribution in [0.5, 0.6) is 0 Å². The van der Waals surface area contributed by atoms with Crippen molar-refractivity contribution in [3.63, 3.8) is 0 Å². The van der Waals surface area contributed by atoms with Crippen LogP contribution >= 0.6 is 0 Å². The van der Waals surface area contributed by atoms with Crippen LogP contribution in [0, 0.1) is 11.7 Å². The first-order chi connectivity index (χ1) is 15.0. The summed E-state index contributed by atoms with van der Waals surface area (Å²) in [6.45, 7) is 0.521. The van der Waals surface area contributed by atoms with Crippen LogP contribution < -0.4 is 11.1 Å². The number of amides is 1. The van der Waals surface area contributed by atoms with Gasteiger partial charge < -0.3 is 30.6 Å². The standard InChI is InChI=1S/C20H21FN6O4/c21-13-3-1-12(2-4-13)16-17(14-5-6-23-20(25-14)24-7-15(22)29)27-18(26-16)19-30-9-11(8-28)10-31-19/h1-6,11,19,28H,7-10H2,(H2,22,29)(H,26,27)(H,23,24,25). The minimum Gasteiger partial charge on any atom is -0.396 e. The Morgan fingerprint density at radius 1 is 1.23 bits per heavy atom. The maximum Gasteiger partial charge on any atom is 0.236 e. The average Bonchev–Trinajstić information content (AvgIpc) is 3.24. The number of benzene rings is 1. The number of H-pyrrole nitrogens is 1. The first-order valence-electron chi connectivity index (χ1n) is 9.59. The van der Waals surface area contributed by atoms with Crippen LogP contribution in [0.4, 0.5) is 10.3 Å². The number of nitrogens with one attached hydrogen (secondary N) is 2. The number of aliphatic hydroxyl groups excluding tert-OH is 1. The Bertz CT molecular complexity index is 1050. The van der Waals surface area contributed by atoms with Gasteiger partial charge in [0.05, 0.1) is 43.4 Å². The monoisotopic (exact) mass is 428 g/mol. The van der Waals surface area contributed by atoms with Gasteiger partial charge in [0, 0.05) is 17.7 Å². The molecule has 1 aliphatic heterocycles. The number of nitrogens with two attached hydrogens (primary N) is 1. The zero-order valence-corrected chi connectivity index (χ0v) is 16.4. The Morgan fingerprint density at radius 2 is 1.97 bits per heavy atom. The lowest BCUT2D eigenvalue weighted by atomic mass is 10.1. The van der Waals surface area contributed by atoms with Crippen molar-refractivity contribution in [3.05, 3.63) is 48.2 Å². The number of halogens is 1. The van der Waals surface area contributed by atoms with Crippen LogP contribution in [0.25, 0.3) is 22.6 Å². The maximum absolute atomic E-state index is 13.4. The van der Waals surface area contributed by atoms with E-state index in [0.29, 0.717) is 41.7 Å². The number of imidazole rings is 1. The number of anilines is 1. The molecule has 4 rings (SSSR count). The van der Waals surface area contributed by atoms with Crippen molar-refractivity contribution < 1.29 is 23.8 Å². The summed E-state index contributed by atoms with van der Waals surface area (Å²) in [6.07, 6.45) is 0.783. The van der Waals surface area contributed by atoms with Crippen molar-refractivity contribution >= 4 is 11.9 Å². The predicted octanol–water partition coefficient (Wildman–Crippen LogP) is 1.22. The van der Waals surface area contributed by atoms with Gasteiger partial charge in [-0.15, -0.1) is 0 Å². The second-order valence-electron chi connectivity index (χ2n) is 6.99. The largest absolute Gasteiger partial charge is 0.396 e. The number of aromatic amines is 1. The number of nitrogens with zero attached hydrogens (tertiary/aromatic N) is 3. The molecule has 0 atom stereocenters. The number of ether oxygens (including phenoxy) is 2. The highest BCUT2D eigenvalue weighted by Gasteiger charge is 2.27. The molecule has 0 spiro atoms. The summed E-state index contributed by atoms with van der Waals surface area (Å²) < 4.78 is 24.8. The van der Waals surface area contributed by atoms with Gasteiger partial charge in [-0.25, -0.2) is 19.3 Å². The zero-order chi connectivity index (χ0) is 21.8. The average molecular weight is 428 g/mol. The molecular formula is C20H21FN6O4. The Labute approximate surface area is 176 Å². The molecule has 1 aromatic carbocycles. The Morgan fingerprint density at radius 3 is 2.65 bits per heavy atom. The van der Waals surface area contributed by atoms with Crippen molar-refractivity contribution in [3.8, 4) is 22.6 Å². The van der Waals surface area contributed by atoms with Gasteiger partial charge in [0.2, 0.25) is 18.1 Å². The molecule has 0 bridgehead atoms. The molecule has 3 heterocycles. The molecule has 1 aliphatic rings. The quantitative estimate of drug-likeness (QED) is 0.439. The van der Waals surface area contributed by atoms with Crippen LogP contribution in [-0.2, 0) is 14.3 Å². The molecule has 1 amide bonds. The Hall–Kier alpha value is -3.41. The summed E-state index contributed by atoms with van der Waals surface area (Å²) in [5.41, 5.74) is 7.37. The Kier molecular flexibility index (Phi) is 6.16. The van der Waals surface area contributed by atoms with Gasteiger partial charge in [-0.2, -0.15) is 0 Å². The predicted molar refractivity (Wildman–Crippen MR) is 108 cm³/mol. The highest BCUT2D eigenvalue weighted by atomic mass is 19.1. The fourth-order valence-corrected chi connectivity index (χ4v) is 3.06. The van der Waals surface area contributed by atoms with Crippen LogP contribution in [-0.4, -0.2) is 57.3 Å². The maximum atomic E-state index is 13.4. The van der Waals surface area contributed by atoms with Gasteiger partial charge in [0.25, 0.3) is 0 Å². The molecule has 0 aliphatic carbocycles. The minimum absolute atomic E-state index is 0.0288. The van der Waals surface area contributed by atoms with E-state index < -0.39 is 12.2 Å². The summed E-state index contributed by atoms with van der Waals surface area (Å²) in [4.78, 5) is 27.3. The highest BCUT2D eigenvalue weighted by Crippen LogP contribution is 2.33. The first-order valence-corrected chi connectivity index (χ1v) is 9.59. The molecule has 3 aromatic rings. The van der Waals surface area contributed by atoms with Crippen molar-refractivity contribution in [2.75, 3.05) is 31.7 Å². The Balaban J connectivity index is 1.70. The molecule has 0 unspecified atom stereocenters. The lowest BCUT2D eigenvalue weighted by Crippen LogP contribution is -2.29. The number of aliphatic hydroxyl groups is 1. The third-order valence-electron chi connectivity index (χ3n) is 4.62. The lowest BCUT2D eigenvalue weighted by Gasteiger charge is -2.26. The van der Waals surface area contributed by atoms with E-state index in [9.17, 15) is 14.3 Å².